The van der Waals surface area contributed by atoms with Gasteiger partial charge in [0.1, 0.15) is 0 Å². The predicted octanol–water partition coefficient (Wildman–Crippen LogP) is 0.857. The lowest BCUT2D eigenvalue weighted by Crippen LogP contribution is -2.15. The lowest BCUT2D eigenvalue weighted by atomic mass is 10.00. The van der Waals surface area contributed by atoms with Crippen molar-refractivity contribution in [2.24, 2.45) is 5.73 Å². The number of aliphatic hydroxyl groups excluding tert-OH is 1. The number of halogens is 1. The Morgan fingerprint density at radius 1 is 1.47 bits per heavy atom. The van der Waals surface area contributed by atoms with Gasteiger partial charge in [0.15, 0.2) is 11.5 Å². The maximum Gasteiger partial charge on any atom is 0.160 e. The molecule has 5 heteroatoms. The monoisotopic (exact) mass is 233 g/mol. The molecule has 0 saturated heterocycles. The first-order valence-corrected chi connectivity index (χ1v) is 4.40. The number of aromatic hydroxyl groups is 1. The van der Waals surface area contributed by atoms with E-state index >= 15 is 0 Å². The lowest BCUT2D eigenvalue weighted by molar-refractivity contribution is 0.267. The number of nitrogens with two attached hydrogens (primary N) is 1. The summed E-state index contributed by atoms with van der Waals surface area (Å²) in [6.07, 6.45) is 0. The summed E-state index contributed by atoms with van der Waals surface area (Å²) in [6, 6.07) is 4.95. The first-order chi connectivity index (χ1) is 6.72. The minimum absolute atomic E-state index is 0. The topological polar surface area (TPSA) is 75.7 Å². The minimum Gasteiger partial charge on any atom is -0.504 e. The molecule has 0 bridgehead atoms. The second-order valence-electron chi connectivity index (χ2n) is 3.05. The number of ether oxygens (including phenoxy) is 1. The molecule has 4 nitrogen and oxygen atoms in total. The SMILES string of the molecule is COc1cc([C@H](CN)CO)ccc1O.Cl. The van der Waals surface area contributed by atoms with Gasteiger partial charge in [-0.3, -0.25) is 0 Å². The molecule has 0 heterocycles. The fourth-order valence-corrected chi connectivity index (χ4v) is 1.26. The quantitative estimate of drug-likeness (QED) is 0.721. The van der Waals surface area contributed by atoms with Crippen molar-refractivity contribution in [2.75, 3.05) is 20.3 Å². The molecule has 1 rings (SSSR count). The number of aliphatic hydroxyl groups is 1. The van der Waals surface area contributed by atoms with Crippen LogP contribution in [0.25, 0.3) is 0 Å². The molecule has 0 aromatic heterocycles. The molecule has 86 valence electrons. The van der Waals surface area contributed by atoms with Crippen LogP contribution >= 0.6 is 12.4 Å². The third-order valence-electron chi connectivity index (χ3n) is 2.18. The van der Waals surface area contributed by atoms with Crippen molar-refractivity contribution in [2.45, 2.75) is 5.92 Å². The van der Waals surface area contributed by atoms with E-state index in [-0.39, 0.29) is 30.7 Å². The van der Waals surface area contributed by atoms with E-state index < -0.39 is 0 Å². The van der Waals surface area contributed by atoms with Gasteiger partial charge in [-0.2, -0.15) is 0 Å². The number of benzene rings is 1. The highest BCUT2D eigenvalue weighted by atomic mass is 35.5. The summed E-state index contributed by atoms with van der Waals surface area (Å²) in [6.45, 7) is 0.356. The number of rotatable bonds is 4. The standard InChI is InChI=1S/C10H15NO3.ClH/c1-14-10-4-7(2-3-9(10)13)8(5-11)6-12;/h2-4,8,12-13H,5-6,11H2,1H3;1H/t8-;/m1./s1. The number of phenolic OH excluding ortho intramolecular Hbond substituents is 1. The summed E-state index contributed by atoms with van der Waals surface area (Å²) in [5, 5.41) is 18.4. The second kappa shape index (κ2) is 6.50. The van der Waals surface area contributed by atoms with Crippen LogP contribution in [0.3, 0.4) is 0 Å². The van der Waals surface area contributed by atoms with E-state index in [4.69, 9.17) is 15.6 Å². The predicted molar refractivity (Wildman–Crippen MR) is 60.8 cm³/mol. The normalized spacial score (nSPS) is 11.7. The number of hydrogen-bond acceptors (Lipinski definition) is 4. The van der Waals surface area contributed by atoms with E-state index in [2.05, 4.69) is 0 Å². The molecule has 1 atom stereocenters. The summed E-state index contributed by atoms with van der Waals surface area (Å²) in [5.41, 5.74) is 6.35. The summed E-state index contributed by atoms with van der Waals surface area (Å²) < 4.78 is 4.95. The second-order valence-corrected chi connectivity index (χ2v) is 3.05. The molecule has 4 N–H and O–H groups in total. The van der Waals surface area contributed by atoms with E-state index in [9.17, 15) is 5.11 Å². The van der Waals surface area contributed by atoms with Crippen molar-refractivity contribution in [3.8, 4) is 11.5 Å². The van der Waals surface area contributed by atoms with Crippen molar-refractivity contribution in [1.29, 1.82) is 0 Å². The Hall–Kier alpha value is -0.970. The Balaban J connectivity index is 0.00000196. The van der Waals surface area contributed by atoms with Crippen molar-refractivity contribution in [3.05, 3.63) is 23.8 Å². The fraction of sp³-hybridized carbons (Fsp3) is 0.400. The first kappa shape index (κ1) is 14.0. The van der Waals surface area contributed by atoms with Crippen LogP contribution in [0, 0.1) is 0 Å². The van der Waals surface area contributed by atoms with E-state index in [0.29, 0.717) is 12.3 Å². The fourth-order valence-electron chi connectivity index (χ4n) is 1.26. The third kappa shape index (κ3) is 3.27. The van der Waals surface area contributed by atoms with Crippen LogP contribution in [0.15, 0.2) is 18.2 Å². The molecule has 0 unspecified atom stereocenters. The Morgan fingerprint density at radius 2 is 2.13 bits per heavy atom. The van der Waals surface area contributed by atoms with Gasteiger partial charge >= 0.3 is 0 Å². The van der Waals surface area contributed by atoms with Gasteiger partial charge in [0.2, 0.25) is 0 Å². The zero-order valence-corrected chi connectivity index (χ0v) is 9.33. The van der Waals surface area contributed by atoms with Crippen LogP contribution in [-0.2, 0) is 0 Å². The molecule has 0 fully saturated rings. The molecule has 1 aromatic carbocycles. The smallest absolute Gasteiger partial charge is 0.160 e. The molecule has 15 heavy (non-hydrogen) atoms. The van der Waals surface area contributed by atoms with E-state index in [0.717, 1.165) is 5.56 Å². The average Bonchev–Trinajstić information content (AvgIpc) is 2.22. The number of methoxy groups -OCH3 is 1. The van der Waals surface area contributed by atoms with Crippen LogP contribution in [0.5, 0.6) is 11.5 Å². The molecule has 0 aliphatic rings. The maximum atomic E-state index is 9.34. The highest BCUT2D eigenvalue weighted by Crippen LogP contribution is 2.29. The Bertz CT molecular complexity index is 303. The summed E-state index contributed by atoms with van der Waals surface area (Å²) >= 11 is 0. The van der Waals surface area contributed by atoms with Crippen LogP contribution < -0.4 is 10.5 Å². The van der Waals surface area contributed by atoms with Gasteiger partial charge in [0.25, 0.3) is 0 Å². The zero-order chi connectivity index (χ0) is 10.6. The Labute approximate surface area is 95.1 Å². The largest absolute Gasteiger partial charge is 0.504 e. The summed E-state index contributed by atoms with van der Waals surface area (Å²) in [4.78, 5) is 0. The van der Waals surface area contributed by atoms with Crippen molar-refractivity contribution in [1.82, 2.24) is 0 Å². The first-order valence-electron chi connectivity index (χ1n) is 4.40. The molecule has 0 spiro atoms. The van der Waals surface area contributed by atoms with E-state index in [1.807, 2.05) is 0 Å². The van der Waals surface area contributed by atoms with Gasteiger partial charge in [-0.15, -0.1) is 12.4 Å². The van der Waals surface area contributed by atoms with Gasteiger partial charge in [-0.25, -0.2) is 0 Å². The molecule has 0 aliphatic heterocycles. The molecule has 0 aliphatic carbocycles. The van der Waals surface area contributed by atoms with Gasteiger partial charge < -0.3 is 20.7 Å². The summed E-state index contributed by atoms with van der Waals surface area (Å²) in [7, 11) is 1.48. The molecule has 0 amide bonds. The number of phenols is 1. The van der Waals surface area contributed by atoms with Crippen molar-refractivity contribution >= 4 is 12.4 Å². The number of hydrogen-bond donors (Lipinski definition) is 3. The molecular formula is C10H16ClNO3. The zero-order valence-electron chi connectivity index (χ0n) is 8.51. The minimum atomic E-state index is -0.107. The van der Waals surface area contributed by atoms with Gasteiger partial charge in [0.05, 0.1) is 13.7 Å². The van der Waals surface area contributed by atoms with Gasteiger partial charge in [0, 0.05) is 12.5 Å². The van der Waals surface area contributed by atoms with Gasteiger partial charge in [-0.05, 0) is 17.7 Å². The Morgan fingerprint density at radius 3 is 2.60 bits per heavy atom. The average molecular weight is 234 g/mol. The Kier molecular flexibility index (Phi) is 6.08. The molecule has 0 radical (unpaired) electrons. The van der Waals surface area contributed by atoms with Crippen LogP contribution in [0.4, 0.5) is 0 Å². The highest BCUT2D eigenvalue weighted by molar-refractivity contribution is 5.85. The van der Waals surface area contributed by atoms with Crippen molar-refractivity contribution < 1.29 is 14.9 Å². The maximum absolute atomic E-state index is 9.34. The van der Waals surface area contributed by atoms with Crippen LogP contribution in [0.1, 0.15) is 11.5 Å². The van der Waals surface area contributed by atoms with Crippen LogP contribution in [-0.4, -0.2) is 30.5 Å². The third-order valence-corrected chi connectivity index (χ3v) is 2.18. The highest BCUT2D eigenvalue weighted by Gasteiger charge is 2.10. The molecular weight excluding hydrogens is 218 g/mol. The van der Waals surface area contributed by atoms with Crippen molar-refractivity contribution in [3.63, 3.8) is 0 Å². The lowest BCUT2D eigenvalue weighted by Gasteiger charge is -2.13. The van der Waals surface area contributed by atoms with E-state index in [1.165, 1.54) is 13.2 Å². The van der Waals surface area contributed by atoms with E-state index in [1.54, 1.807) is 12.1 Å². The molecule has 1 aromatic rings. The summed E-state index contributed by atoms with van der Waals surface area (Å²) in [5.74, 6) is 0.379. The van der Waals surface area contributed by atoms with Crippen LogP contribution in [0.2, 0.25) is 0 Å². The molecule has 0 saturated carbocycles. The van der Waals surface area contributed by atoms with Gasteiger partial charge in [-0.1, -0.05) is 6.07 Å².